The molecule has 0 saturated heterocycles. The Kier molecular flexibility index (Phi) is 6.38. The molecule has 4 aliphatic carbocycles. The molecule has 7 heteroatoms. The van der Waals surface area contributed by atoms with E-state index in [0.717, 1.165) is 44.9 Å². The number of carbonyl (C=O) groups is 4. The molecule has 4 saturated carbocycles. The number of ketones is 1. The van der Waals surface area contributed by atoms with Crippen molar-refractivity contribution in [3.8, 4) is 0 Å². The zero-order chi connectivity index (χ0) is 24.1. The summed E-state index contributed by atoms with van der Waals surface area (Å²) in [6.07, 6.45) is 5.27. The minimum Gasteiger partial charge on any atom is -0.466 e. The van der Waals surface area contributed by atoms with Gasteiger partial charge in [-0.15, -0.1) is 0 Å². The minimum atomic E-state index is -0.814. The second-order valence-corrected chi connectivity index (χ2v) is 11.4. The van der Waals surface area contributed by atoms with E-state index >= 15 is 0 Å². The van der Waals surface area contributed by atoms with Crippen molar-refractivity contribution in [2.75, 3.05) is 6.61 Å². The van der Waals surface area contributed by atoms with Gasteiger partial charge in [0.2, 0.25) is 0 Å². The standard InChI is InChI=1S/C26H38O7/c1-14(27)31-13-18-7-9-21-20-8-6-17-12-19(32-15(2)28)10-11-25(17,4)22(20)23(30)24(26(18,21)5)33-16(3)29/h17-22,24H,6-13H2,1-5H3/t17-,18-,19+,20+,21+,22-,24-,25+,26-/m1/s1. The largest absolute Gasteiger partial charge is 0.466 e. The summed E-state index contributed by atoms with van der Waals surface area (Å²) in [5.41, 5.74) is -0.720. The van der Waals surface area contributed by atoms with Crippen LogP contribution in [0.3, 0.4) is 0 Å². The van der Waals surface area contributed by atoms with Crippen LogP contribution in [0.1, 0.15) is 79.6 Å². The summed E-state index contributed by atoms with van der Waals surface area (Å²) in [5, 5.41) is 0. The van der Waals surface area contributed by atoms with Crippen molar-refractivity contribution in [3.05, 3.63) is 0 Å². The van der Waals surface area contributed by atoms with Gasteiger partial charge in [-0.3, -0.25) is 19.2 Å². The van der Waals surface area contributed by atoms with Crippen LogP contribution < -0.4 is 0 Å². The van der Waals surface area contributed by atoms with E-state index in [9.17, 15) is 19.2 Å². The molecule has 0 N–H and O–H groups in total. The summed E-state index contributed by atoms with van der Waals surface area (Å²) in [5.74, 6) is -0.359. The summed E-state index contributed by atoms with van der Waals surface area (Å²) in [4.78, 5) is 49.3. The SMILES string of the molecule is CC(=O)OC[C@H]1CC[C@H]2[C@@H]3CC[C@@H]4C[C@@H](OC(C)=O)CC[C@]4(C)[C@H]3C(=O)[C@@H](OC(C)=O)[C@]12C. The van der Waals surface area contributed by atoms with Crippen molar-refractivity contribution in [2.45, 2.75) is 91.8 Å². The lowest BCUT2D eigenvalue weighted by molar-refractivity contribution is -0.199. The molecule has 0 aromatic rings. The fourth-order valence-corrected chi connectivity index (χ4v) is 8.29. The first kappa shape index (κ1) is 24.2. The van der Waals surface area contributed by atoms with Gasteiger partial charge in [0.25, 0.3) is 0 Å². The number of carbonyl (C=O) groups excluding carboxylic acids is 4. The Balaban J connectivity index is 1.66. The van der Waals surface area contributed by atoms with Crippen LogP contribution in [-0.4, -0.2) is 42.5 Å². The number of hydrogen-bond acceptors (Lipinski definition) is 7. The van der Waals surface area contributed by atoms with Crippen molar-refractivity contribution >= 4 is 23.7 Å². The Morgan fingerprint density at radius 3 is 2.24 bits per heavy atom. The fourth-order valence-electron chi connectivity index (χ4n) is 8.29. The molecule has 0 unspecified atom stereocenters. The van der Waals surface area contributed by atoms with E-state index in [0.29, 0.717) is 5.92 Å². The van der Waals surface area contributed by atoms with Crippen LogP contribution in [0, 0.1) is 40.4 Å². The third-order valence-electron chi connectivity index (χ3n) is 9.73. The quantitative estimate of drug-likeness (QED) is 0.462. The lowest BCUT2D eigenvalue weighted by atomic mass is 9.43. The zero-order valence-corrected chi connectivity index (χ0v) is 20.6. The first-order chi connectivity index (χ1) is 15.5. The highest BCUT2D eigenvalue weighted by atomic mass is 16.6. The van der Waals surface area contributed by atoms with Crippen LogP contribution >= 0.6 is 0 Å². The van der Waals surface area contributed by atoms with Crippen LogP contribution in [0.4, 0.5) is 0 Å². The van der Waals surface area contributed by atoms with E-state index in [2.05, 4.69) is 13.8 Å². The van der Waals surface area contributed by atoms with Gasteiger partial charge in [-0.2, -0.15) is 0 Å². The van der Waals surface area contributed by atoms with Crippen molar-refractivity contribution in [2.24, 2.45) is 40.4 Å². The maximum absolute atomic E-state index is 14.2. The van der Waals surface area contributed by atoms with Crippen LogP contribution in [0.2, 0.25) is 0 Å². The van der Waals surface area contributed by atoms with Crippen LogP contribution in [0.15, 0.2) is 0 Å². The molecule has 0 aliphatic heterocycles. The number of Topliss-reactive ketones (excluding diaryl/α,β-unsaturated/α-hetero) is 1. The highest BCUT2D eigenvalue weighted by molar-refractivity contribution is 5.90. The first-order valence-corrected chi connectivity index (χ1v) is 12.5. The lowest BCUT2D eigenvalue weighted by Gasteiger charge is -2.61. The summed E-state index contributed by atoms with van der Waals surface area (Å²) >= 11 is 0. The third kappa shape index (κ3) is 3.99. The first-order valence-electron chi connectivity index (χ1n) is 12.5. The summed E-state index contributed by atoms with van der Waals surface area (Å²) < 4.78 is 16.7. The van der Waals surface area contributed by atoms with Crippen molar-refractivity contribution in [3.63, 3.8) is 0 Å². The highest BCUT2D eigenvalue weighted by Gasteiger charge is 2.68. The molecule has 9 atom stereocenters. The van der Waals surface area contributed by atoms with E-state index in [1.807, 2.05) is 0 Å². The van der Waals surface area contributed by atoms with Crippen molar-refractivity contribution < 1.29 is 33.4 Å². The van der Waals surface area contributed by atoms with Gasteiger partial charge in [-0.1, -0.05) is 13.8 Å². The summed E-state index contributed by atoms with van der Waals surface area (Å²) in [7, 11) is 0. The molecule has 33 heavy (non-hydrogen) atoms. The van der Waals surface area contributed by atoms with Gasteiger partial charge in [0.15, 0.2) is 11.9 Å². The highest BCUT2D eigenvalue weighted by Crippen LogP contribution is 2.67. The van der Waals surface area contributed by atoms with Crippen LogP contribution in [-0.2, 0) is 33.4 Å². The Labute approximate surface area is 196 Å². The second kappa shape index (κ2) is 8.70. The topological polar surface area (TPSA) is 96.0 Å². The second-order valence-electron chi connectivity index (χ2n) is 11.4. The van der Waals surface area contributed by atoms with E-state index in [-0.39, 0.29) is 59.5 Å². The molecule has 0 heterocycles. The van der Waals surface area contributed by atoms with Gasteiger partial charge in [-0.05, 0) is 68.1 Å². The Hall–Kier alpha value is -1.92. The molecule has 0 bridgehead atoms. The third-order valence-corrected chi connectivity index (χ3v) is 9.73. The zero-order valence-electron chi connectivity index (χ0n) is 20.6. The molecule has 0 radical (unpaired) electrons. The van der Waals surface area contributed by atoms with E-state index in [1.165, 1.54) is 20.8 Å². The van der Waals surface area contributed by atoms with E-state index < -0.39 is 17.5 Å². The van der Waals surface area contributed by atoms with Gasteiger partial charge in [0.05, 0.1) is 6.61 Å². The molecule has 4 aliphatic rings. The number of hydrogen-bond donors (Lipinski definition) is 0. The maximum Gasteiger partial charge on any atom is 0.303 e. The molecule has 4 rings (SSSR count). The van der Waals surface area contributed by atoms with Gasteiger partial charge < -0.3 is 14.2 Å². The molecule has 0 aromatic heterocycles. The Morgan fingerprint density at radius 2 is 1.61 bits per heavy atom. The molecular weight excluding hydrogens is 424 g/mol. The minimum absolute atomic E-state index is 0.00844. The summed E-state index contributed by atoms with van der Waals surface area (Å²) in [6, 6.07) is 0. The maximum atomic E-state index is 14.2. The molecule has 7 nitrogen and oxygen atoms in total. The fraction of sp³-hybridized carbons (Fsp3) is 0.846. The molecule has 0 spiro atoms. The molecular formula is C26H38O7. The average Bonchev–Trinajstić information content (AvgIpc) is 3.06. The van der Waals surface area contributed by atoms with Crippen LogP contribution in [0.25, 0.3) is 0 Å². The van der Waals surface area contributed by atoms with Crippen molar-refractivity contribution in [1.82, 2.24) is 0 Å². The molecule has 0 aromatic carbocycles. The van der Waals surface area contributed by atoms with Gasteiger partial charge in [0, 0.05) is 38.0 Å². The summed E-state index contributed by atoms with van der Waals surface area (Å²) in [6.45, 7) is 8.78. The smallest absolute Gasteiger partial charge is 0.303 e. The Morgan fingerprint density at radius 1 is 0.909 bits per heavy atom. The molecule has 0 amide bonds. The predicted molar refractivity (Wildman–Crippen MR) is 119 cm³/mol. The number of esters is 3. The predicted octanol–water partition coefficient (Wildman–Crippen LogP) is 3.86. The van der Waals surface area contributed by atoms with Crippen LogP contribution in [0.5, 0.6) is 0 Å². The number of rotatable bonds is 4. The number of fused-ring (bicyclic) bond motifs is 5. The molecule has 4 fully saturated rings. The molecule has 184 valence electrons. The average molecular weight is 463 g/mol. The van der Waals surface area contributed by atoms with Gasteiger partial charge in [-0.25, -0.2) is 0 Å². The Bertz CT molecular complexity index is 836. The van der Waals surface area contributed by atoms with E-state index in [1.54, 1.807) is 0 Å². The number of ether oxygens (including phenoxy) is 3. The monoisotopic (exact) mass is 462 g/mol. The van der Waals surface area contributed by atoms with E-state index in [4.69, 9.17) is 14.2 Å². The van der Waals surface area contributed by atoms with Gasteiger partial charge >= 0.3 is 17.9 Å². The lowest BCUT2D eigenvalue weighted by Crippen LogP contribution is -2.64. The normalized spacial score (nSPS) is 44.2. The van der Waals surface area contributed by atoms with Crippen molar-refractivity contribution in [1.29, 1.82) is 0 Å². The van der Waals surface area contributed by atoms with Gasteiger partial charge in [0.1, 0.15) is 6.10 Å².